The predicted octanol–water partition coefficient (Wildman–Crippen LogP) is 3.74. The molecular formula is C27H30F4N6O4. The first-order valence-corrected chi connectivity index (χ1v) is 13.2. The van der Waals surface area contributed by atoms with Gasteiger partial charge in [0.1, 0.15) is 23.1 Å². The Morgan fingerprint density at radius 3 is 2.56 bits per heavy atom. The van der Waals surface area contributed by atoms with E-state index in [0.29, 0.717) is 73.9 Å². The van der Waals surface area contributed by atoms with Gasteiger partial charge in [0.25, 0.3) is 5.91 Å². The normalized spacial score (nSPS) is 18.9. The van der Waals surface area contributed by atoms with Crippen molar-refractivity contribution in [3.05, 3.63) is 47.0 Å². The largest absolute Gasteiger partial charge is 0.479 e. The highest BCUT2D eigenvalue weighted by Gasteiger charge is 2.36. The van der Waals surface area contributed by atoms with Crippen LogP contribution in [0.2, 0.25) is 0 Å². The molecule has 1 N–H and O–H groups in total. The third-order valence-electron chi connectivity index (χ3n) is 7.12. The number of benzene rings is 1. The molecule has 2 aliphatic rings. The van der Waals surface area contributed by atoms with Crippen LogP contribution in [0.1, 0.15) is 29.9 Å². The van der Waals surface area contributed by atoms with Crippen LogP contribution in [-0.4, -0.2) is 85.0 Å². The number of fused-ring (bicyclic) bond motifs is 1. The van der Waals surface area contributed by atoms with Crippen LogP contribution in [0, 0.1) is 12.7 Å². The Hall–Kier alpha value is -3.78. The molecule has 14 heteroatoms. The van der Waals surface area contributed by atoms with Gasteiger partial charge in [-0.25, -0.2) is 14.4 Å². The maximum absolute atomic E-state index is 14.9. The lowest BCUT2D eigenvalue weighted by Crippen LogP contribution is -2.53. The van der Waals surface area contributed by atoms with E-state index in [4.69, 9.17) is 14.2 Å². The SMILES string of the molecule is COc1nc2nc(C)nc(N[C@H](C)c3cccc(C(F)(F)F)c3F)c2cc1N1CCN(C(=O)[C@H]2COCCO2)CC1. The van der Waals surface area contributed by atoms with E-state index in [1.165, 1.54) is 19.2 Å². The Labute approximate surface area is 233 Å². The summed E-state index contributed by atoms with van der Waals surface area (Å²) in [6.07, 6.45) is -5.43. The lowest BCUT2D eigenvalue weighted by Gasteiger charge is -2.38. The monoisotopic (exact) mass is 578 g/mol. The Morgan fingerprint density at radius 1 is 1.15 bits per heavy atom. The number of nitrogens with one attached hydrogen (secondary N) is 1. The molecule has 0 bridgehead atoms. The molecule has 220 valence electrons. The van der Waals surface area contributed by atoms with Crippen LogP contribution in [-0.2, 0) is 20.4 Å². The molecule has 0 spiro atoms. The Kier molecular flexibility index (Phi) is 8.13. The number of hydrogen-bond donors (Lipinski definition) is 1. The number of carbonyl (C=O) groups excluding carboxylic acids is 1. The summed E-state index contributed by atoms with van der Waals surface area (Å²) >= 11 is 0. The topological polar surface area (TPSA) is 102 Å². The van der Waals surface area contributed by atoms with Crippen molar-refractivity contribution in [2.75, 3.05) is 63.3 Å². The second-order valence-corrected chi connectivity index (χ2v) is 9.83. The number of hydrogen-bond acceptors (Lipinski definition) is 9. The number of methoxy groups -OCH3 is 1. The summed E-state index contributed by atoms with van der Waals surface area (Å²) < 4.78 is 71.2. The number of pyridine rings is 1. The van der Waals surface area contributed by atoms with Gasteiger partial charge in [0.2, 0.25) is 5.88 Å². The number of piperazine rings is 1. The first-order chi connectivity index (χ1) is 19.6. The fourth-order valence-corrected chi connectivity index (χ4v) is 5.01. The number of alkyl halides is 3. The Balaban J connectivity index is 1.41. The van der Waals surface area contributed by atoms with Gasteiger partial charge in [0.15, 0.2) is 11.8 Å². The fourth-order valence-electron chi connectivity index (χ4n) is 5.01. The molecule has 2 fully saturated rings. The zero-order valence-electron chi connectivity index (χ0n) is 22.8. The standard InChI is InChI=1S/C27H30F4N6O4/c1-15(17-5-4-6-19(22(17)28)27(29,30)31)32-23-18-13-20(25(39-3)35-24(18)34-16(2)33-23)36-7-9-37(10-8-36)26(38)21-14-40-11-12-41-21/h4-6,13,15,21H,7-12,14H2,1-3H3,(H,32,33,34,35)/t15-,21-/m1/s1. The van der Waals surface area contributed by atoms with Gasteiger partial charge in [0.05, 0.1) is 43.9 Å². The van der Waals surface area contributed by atoms with Crippen molar-refractivity contribution in [1.29, 1.82) is 0 Å². The number of ether oxygens (including phenoxy) is 3. The number of nitrogens with zero attached hydrogens (tertiary/aromatic N) is 5. The van der Waals surface area contributed by atoms with E-state index in [1.54, 1.807) is 24.8 Å². The molecule has 0 radical (unpaired) electrons. The molecule has 10 nitrogen and oxygen atoms in total. The van der Waals surface area contributed by atoms with Crippen LogP contribution in [0.5, 0.6) is 5.88 Å². The van der Waals surface area contributed by atoms with Crippen LogP contribution in [0.15, 0.2) is 24.3 Å². The second-order valence-electron chi connectivity index (χ2n) is 9.83. The van der Waals surface area contributed by atoms with Crippen molar-refractivity contribution in [3.8, 4) is 5.88 Å². The maximum atomic E-state index is 14.9. The summed E-state index contributed by atoms with van der Waals surface area (Å²) in [6.45, 7) is 6.17. The lowest BCUT2D eigenvalue weighted by atomic mass is 10.0. The van der Waals surface area contributed by atoms with Crippen LogP contribution in [0.4, 0.5) is 29.1 Å². The zero-order chi connectivity index (χ0) is 29.3. The number of anilines is 2. The average Bonchev–Trinajstić information content (AvgIpc) is 2.96. The quantitative estimate of drug-likeness (QED) is 0.439. The van der Waals surface area contributed by atoms with E-state index < -0.39 is 29.7 Å². The third kappa shape index (κ3) is 5.98. The van der Waals surface area contributed by atoms with Crippen LogP contribution >= 0.6 is 0 Å². The Morgan fingerprint density at radius 2 is 1.90 bits per heavy atom. The lowest BCUT2D eigenvalue weighted by molar-refractivity contribution is -0.158. The molecule has 4 heterocycles. The first-order valence-electron chi connectivity index (χ1n) is 13.2. The van der Waals surface area contributed by atoms with Crippen molar-refractivity contribution in [3.63, 3.8) is 0 Å². The van der Waals surface area contributed by atoms with E-state index in [9.17, 15) is 22.4 Å². The predicted molar refractivity (Wildman–Crippen MR) is 141 cm³/mol. The number of aromatic nitrogens is 3. The molecule has 41 heavy (non-hydrogen) atoms. The van der Waals surface area contributed by atoms with Gasteiger partial charge in [-0.05, 0) is 26.0 Å². The van der Waals surface area contributed by atoms with E-state index in [1.807, 2.05) is 4.90 Å². The van der Waals surface area contributed by atoms with Gasteiger partial charge in [-0.1, -0.05) is 12.1 Å². The fraction of sp³-hybridized carbons (Fsp3) is 0.481. The summed E-state index contributed by atoms with van der Waals surface area (Å²) in [5.41, 5.74) is -0.543. The number of halogens is 4. The highest BCUT2D eigenvalue weighted by molar-refractivity contribution is 5.91. The molecule has 5 rings (SSSR count). The highest BCUT2D eigenvalue weighted by Crippen LogP contribution is 2.36. The van der Waals surface area contributed by atoms with Gasteiger partial charge >= 0.3 is 6.18 Å². The second kappa shape index (κ2) is 11.6. The van der Waals surface area contributed by atoms with E-state index in [2.05, 4.69) is 20.3 Å². The van der Waals surface area contributed by atoms with Gasteiger partial charge in [-0.15, -0.1) is 0 Å². The van der Waals surface area contributed by atoms with Crippen molar-refractivity contribution < 1.29 is 36.6 Å². The average molecular weight is 579 g/mol. The molecule has 0 aliphatic carbocycles. The van der Waals surface area contributed by atoms with Crippen molar-refractivity contribution in [2.24, 2.45) is 0 Å². The minimum Gasteiger partial charge on any atom is -0.479 e. The number of aryl methyl sites for hydroxylation is 1. The van der Waals surface area contributed by atoms with Crippen LogP contribution in [0.25, 0.3) is 11.0 Å². The molecule has 0 unspecified atom stereocenters. The summed E-state index contributed by atoms with van der Waals surface area (Å²) in [4.78, 5) is 30.0. The number of rotatable bonds is 6. The minimum atomic E-state index is -4.82. The molecule has 2 saturated heterocycles. The third-order valence-corrected chi connectivity index (χ3v) is 7.12. The van der Waals surface area contributed by atoms with Crippen molar-refractivity contribution in [2.45, 2.75) is 32.2 Å². The molecule has 2 aliphatic heterocycles. The van der Waals surface area contributed by atoms with Gasteiger partial charge in [-0.3, -0.25) is 4.79 Å². The molecule has 0 saturated carbocycles. The van der Waals surface area contributed by atoms with Gasteiger partial charge < -0.3 is 29.3 Å². The zero-order valence-corrected chi connectivity index (χ0v) is 22.8. The van der Waals surface area contributed by atoms with Gasteiger partial charge in [0, 0.05) is 31.7 Å². The first kappa shape index (κ1) is 28.7. The minimum absolute atomic E-state index is 0.112. The molecule has 1 amide bonds. The molecule has 2 atom stereocenters. The molecule has 3 aromatic rings. The van der Waals surface area contributed by atoms with E-state index in [0.717, 1.165) is 0 Å². The summed E-state index contributed by atoms with van der Waals surface area (Å²) in [5.74, 6) is -0.480. The molecule has 2 aromatic heterocycles. The molecular weight excluding hydrogens is 548 g/mol. The smallest absolute Gasteiger partial charge is 0.419 e. The number of amides is 1. The molecule has 1 aromatic carbocycles. The highest BCUT2D eigenvalue weighted by atomic mass is 19.4. The maximum Gasteiger partial charge on any atom is 0.419 e. The summed E-state index contributed by atoms with van der Waals surface area (Å²) in [5, 5.41) is 3.53. The van der Waals surface area contributed by atoms with Gasteiger partial charge in [-0.2, -0.15) is 18.2 Å². The van der Waals surface area contributed by atoms with E-state index >= 15 is 0 Å². The number of carbonyl (C=O) groups is 1. The van der Waals surface area contributed by atoms with Crippen LogP contribution in [0.3, 0.4) is 0 Å². The Bertz CT molecular complexity index is 1430. The van der Waals surface area contributed by atoms with Crippen molar-refractivity contribution in [1.82, 2.24) is 19.9 Å². The van der Waals surface area contributed by atoms with E-state index in [-0.39, 0.29) is 23.9 Å². The summed E-state index contributed by atoms with van der Waals surface area (Å²) in [7, 11) is 1.49. The van der Waals surface area contributed by atoms with Crippen LogP contribution < -0.4 is 15.0 Å². The summed E-state index contributed by atoms with van der Waals surface area (Å²) in [6, 6.07) is 4.11. The van der Waals surface area contributed by atoms with Crippen molar-refractivity contribution >= 4 is 28.4 Å².